The Morgan fingerprint density at radius 2 is 2.00 bits per heavy atom. The standard InChI is InChI=1S/C22H32N6O2/c1-15(2)30-12-4-7-28-14-19(29)20(21(28)23)22-24-17-6-5-16(13-18(17)25-22)27-10-8-26(3)9-11-27/h5-6,13,15,23,29H,4,7-12,14H2,1-3H3,(H,24,25). The largest absolute Gasteiger partial charge is 0.510 e. The van der Waals surface area contributed by atoms with Crippen LogP contribution in [0.1, 0.15) is 26.1 Å². The third-order valence-electron chi connectivity index (χ3n) is 5.78. The van der Waals surface area contributed by atoms with Gasteiger partial charge in [-0.2, -0.15) is 0 Å². The molecule has 2 aliphatic rings. The molecule has 0 aliphatic carbocycles. The number of amidine groups is 1. The minimum absolute atomic E-state index is 0.197. The van der Waals surface area contributed by atoms with Crippen molar-refractivity contribution in [1.29, 1.82) is 5.41 Å². The molecular weight excluding hydrogens is 380 g/mol. The van der Waals surface area contributed by atoms with Gasteiger partial charge in [0.05, 0.1) is 29.3 Å². The van der Waals surface area contributed by atoms with E-state index in [1.54, 1.807) is 0 Å². The first-order chi connectivity index (χ1) is 14.4. The molecule has 8 heteroatoms. The van der Waals surface area contributed by atoms with Crippen LogP contribution in [0.5, 0.6) is 0 Å². The number of aliphatic hydroxyl groups is 1. The van der Waals surface area contributed by atoms with Gasteiger partial charge in [0, 0.05) is 45.0 Å². The van der Waals surface area contributed by atoms with Crippen molar-refractivity contribution in [2.24, 2.45) is 0 Å². The van der Waals surface area contributed by atoms with Crippen molar-refractivity contribution < 1.29 is 9.84 Å². The predicted molar refractivity (Wildman–Crippen MR) is 120 cm³/mol. The molecule has 1 saturated heterocycles. The lowest BCUT2D eigenvalue weighted by atomic mass is 10.2. The monoisotopic (exact) mass is 412 g/mol. The number of rotatable bonds is 7. The number of ether oxygens (including phenoxy) is 1. The minimum atomic E-state index is 0.197. The average molecular weight is 413 g/mol. The summed E-state index contributed by atoms with van der Waals surface area (Å²) in [6.07, 6.45) is 1.02. The van der Waals surface area contributed by atoms with Crippen LogP contribution in [-0.2, 0) is 4.74 Å². The van der Waals surface area contributed by atoms with E-state index in [1.807, 2.05) is 24.8 Å². The van der Waals surface area contributed by atoms with Crippen molar-refractivity contribution in [2.75, 3.05) is 57.8 Å². The van der Waals surface area contributed by atoms with Gasteiger partial charge in [-0.25, -0.2) is 4.98 Å². The van der Waals surface area contributed by atoms with E-state index in [-0.39, 0.29) is 11.9 Å². The summed E-state index contributed by atoms with van der Waals surface area (Å²) in [5.41, 5.74) is 3.45. The van der Waals surface area contributed by atoms with Crippen LogP contribution in [0.3, 0.4) is 0 Å². The summed E-state index contributed by atoms with van der Waals surface area (Å²) < 4.78 is 5.58. The Morgan fingerprint density at radius 1 is 1.23 bits per heavy atom. The maximum absolute atomic E-state index is 10.5. The molecule has 162 valence electrons. The smallest absolute Gasteiger partial charge is 0.145 e. The van der Waals surface area contributed by atoms with E-state index in [0.29, 0.717) is 36.9 Å². The lowest BCUT2D eigenvalue weighted by Crippen LogP contribution is -2.44. The van der Waals surface area contributed by atoms with Crippen molar-refractivity contribution >= 4 is 28.1 Å². The molecule has 0 radical (unpaired) electrons. The zero-order valence-electron chi connectivity index (χ0n) is 18.1. The van der Waals surface area contributed by atoms with Crippen molar-refractivity contribution in [1.82, 2.24) is 19.8 Å². The molecule has 0 atom stereocenters. The van der Waals surface area contributed by atoms with Crippen molar-refractivity contribution in [3.05, 3.63) is 29.8 Å². The summed E-state index contributed by atoms with van der Waals surface area (Å²) in [7, 11) is 2.15. The SMILES string of the molecule is CC(C)OCCCN1CC(O)=C(c2nc3ccc(N4CCN(C)CC4)cc3[nH]2)C1=N. The number of aromatic nitrogens is 2. The summed E-state index contributed by atoms with van der Waals surface area (Å²) in [5, 5.41) is 19.1. The second-order valence-electron chi connectivity index (χ2n) is 8.44. The second-order valence-corrected chi connectivity index (χ2v) is 8.44. The maximum atomic E-state index is 10.5. The number of anilines is 1. The number of imidazole rings is 1. The van der Waals surface area contributed by atoms with E-state index in [0.717, 1.165) is 43.6 Å². The number of fused-ring (bicyclic) bond motifs is 1. The number of hydrogen-bond acceptors (Lipinski definition) is 6. The predicted octanol–water partition coefficient (Wildman–Crippen LogP) is 2.69. The molecular formula is C22H32N6O2. The normalized spacial score (nSPS) is 18.5. The van der Waals surface area contributed by atoms with Gasteiger partial charge < -0.3 is 29.5 Å². The molecule has 0 bridgehead atoms. The van der Waals surface area contributed by atoms with E-state index in [9.17, 15) is 5.11 Å². The molecule has 4 rings (SSSR count). The van der Waals surface area contributed by atoms with Gasteiger partial charge >= 0.3 is 0 Å². The summed E-state index contributed by atoms with van der Waals surface area (Å²) in [6.45, 7) is 9.83. The van der Waals surface area contributed by atoms with Crippen LogP contribution in [0.4, 0.5) is 5.69 Å². The molecule has 2 aromatic rings. The zero-order chi connectivity index (χ0) is 21.3. The van der Waals surface area contributed by atoms with Crippen LogP contribution in [0, 0.1) is 5.41 Å². The molecule has 1 aromatic heterocycles. The molecule has 0 spiro atoms. The molecule has 2 aliphatic heterocycles. The van der Waals surface area contributed by atoms with Crippen molar-refractivity contribution in [2.45, 2.75) is 26.4 Å². The Morgan fingerprint density at radius 3 is 2.73 bits per heavy atom. The number of hydrogen-bond donors (Lipinski definition) is 3. The van der Waals surface area contributed by atoms with Gasteiger partial charge in [0.15, 0.2) is 0 Å². The lowest BCUT2D eigenvalue weighted by Gasteiger charge is -2.34. The highest BCUT2D eigenvalue weighted by Gasteiger charge is 2.30. The number of nitrogens with zero attached hydrogens (tertiary/aromatic N) is 4. The second kappa shape index (κ2) is 8.65. The van der Waals surface area contributed by atoms with E-state index in [1.165, 1.54) is 5.69 Å². The van der Waals surface area contributed by atoms with Crippen molar-refractivity contribution in [3.8, 4) is 0 Å². The summed E-state index contributed by atoms with van der Waals surface area (Å²) in [5.74, 6) is 1.07. The van der Waals surface area contributed by atoms with Gasteiger partial charge in [-0.15, -0.1) is 0 Å². The molecule has 1 aromatic carbocycles. The van der Waals surface area contributed by atoms with Crippen LogP contribution < -0.4 is 4.90 Å². The minimum Gasteiger partial charge on any atom is -0.510 e. The molecule has 1 fully saturated rings. The highest BCUT2D eigenvalue weighted by molar-refractivity contribution is 6.23. The summed E-state index contributed by atoms with van der Waals surface area (Å²) in [4.78, 5) is 14.6. The first-order valence-electron chi connectivity index (χ1n) is 10.7. The van der Waals surface area contributed by atoms with Crippen LogP contribution >= 0.6 is 0 Å². The number of H-pyrrole nitrogens is 1. The number of aromatic amines is 1. The van der Waals surface area contributed by atoms with E-state index in [2.05, 4.69) is 38.9 Å². The van der Waals surface area contributed by atoms with Gasteiger partial charge in [0.2, 0.25) is 0 Å². The van der Waals surface area contributed by atoms with E-state index in [4.69, 9.17) is 10.1 Å². The number of benzene rings is 1. The van der Waals surface area contributed by atoms with Crippen molar-refractivity contribution in [3.63, 3.8) is 0 Å². The fourth-order valence-corrected chi connectivity index (χ4v) is 4.03. The van der Waals surface area contributed by atoms with Gasteiger partial charge in [0.1, 0.15) is 17.4 Å². The fourth-order valence-electron chi connectivity index (χ4n) is 4.03. The molecule has 3 heterocycles. The van der Waals surface area contributed by atoms with Crippen LogP contribution in [0.2, 0.25) is 0 Å². The van der Waals surface area contributed by atoms with E-state index < -0.39 is 0 Å². The van der Waals surface area contributed by atoms with Gasteiger partial charge in [-0.05, 0) is 45.5 Å². The third-order valence-corrected chi connectivity index (χ3v) is 5.78. The van der Waals surface area contributed by atoms with Crippen LogP contribution in [-0.4, -0.2) is 89.7 Å². The number of piperazine rings is 1. The molecule has 0 amide bonds. The Bertz CT molecular complexity index is 942. The molecule has 30 heavy (non-hydrogen) atoms. The Balaban J connectivity index is 1.47. The summed E-state index contributed by atoms with van der Waals surface area (Å²) in [6, 6.07) is 6.24. The first-order valence-corrected chi connectivity index (χ1v) is 10.7. The van der Waals surface area contributed by atoms with E-state index >= 15 is 0 Å². The summed E-state index contributed by atoms with van der Waals surface area (Å²) >= 11 is 0. The Kier molecular flexibility index (Phi) is 5.97. The Hall–Kier alpha value is -2.58. The maximum Gasteiger partial charge on any atom is 0.145 e. The quantitative estimate of drug-likeness (QED) is 0.606. The average Bonchev–Trinajstić information content (AvgIpc) is 3.25. The zero-order valence-corrected chi connectivity index (χ0v) is 18.1. The molecule has 8 nitrogen and oxygen atoms in total. The molecule has 0 unspecified atom stereocenters. The topological polar surface area (TPSA) is 91.7 Å². The number of aliphatic hydroxyl groups excluding tert-OH is 1. The fraction of sp³-hybridized carbons (Fsp3) is 0.545. The van der Waals surface area contributed by atoms with Gasteiger partial charge in [-0.1, -0.05) is 0 Å². The van der Waals surface area contributed by atoms with Gasteiger partial charge in [-0.3, -0.25) is 5.41 Å². The highest BCUT2D eigenvalue weighted by Crippen LogP contribution is 2.29. The lowest BCUT2D eigenvalue weighted by molar-refractivity contribution is 0.0742. The van der Waals surface area contributed by atoms with Crippen LogP contribution in [0.25, 0.3) is 16.6 Å². The molecule has 3 N–H and O–H groups in total. The first kappa shape index (κ1) is 20.7. The third kappa shape index (κ3) is 4.29. The highest BCUT2D eigenvalue weighted by atomic mass is 16.5. The molecule has 0 saturated carbocycles. The Labute approximate surface area is 177 Å². The number of nitrogens with one attached hydrogen (secondary N) is 2. The van der Waals surface area contributed by atoms with Crippen LogP contribution in [0.15, 0.2) is 24.0 Å². The number of likely N-dealkylation sites (N-methyl/N-ethyl adjacent to an activating group) is 1. The van der Waals surface area contributed by atoms with Gasteiger partial charge in [0.25, 0.3) is 0 Å².